The van der Waals surface area contributed by atoms with Gasteiger partial charge in [0.15, 0.2) is 9.17 Å². The molecule has 0 amide bonds. The topological polar surface area (TPSA) is 0 Å². The summed E-state index contributed by atoms with van der Waals surface area (Å²) in [6.45, 7) is 0. The second-order valence-corrected chi connectivity index (χ2v) is 6.95. The third-order valence-electron chi connectivity index (χ3n) is 1.76. The molecule has 0 saturated carbocycles. The molecular formula is C8Cl9. The van der Waals surface area contributed by atoms with Gasteiger partial charge in [-0.3, -0.25) is 0 Å². The zero-order chi connectivity index (χ0) is 13.5. The van der Waals surface area contributed by atoms with Gasteiger partial charge < -0.3 is 0 Å². The van der Waals surface area contributed by atoms with E-state index in [0.29, 0.717) is 0 Å². The summed E-state index contributed by atoms with van der Waals surface area (Å²) in [5.74, 6) is 0. The minimum absolute atomic E-state index is 0.0121. The highest BCUT2D eigenvalue weighted by Crippen LogP contribution is 2.56. The highest BCUT2D eigenvalue weighted by Gasteiger charge is 2.41. The van der Waals surface area contributed by atoms with E-state index in [2.05, 4.69) is 0 Å². The van der Waals surface area contributed by atoms with Gasteiger partial charge in [-0.1, -0.05) is 104 Å². The molecule has 95 valence electrons. The van der Waals surface area contributed by atoms with Gasteiger partial charge in [0, 0.05) is 5.56 Å². The molecule has 0 aliphatic rings. The first-order valence-corrected chi connectivity index (χ1v) is 7.10. The molecule has 0 aliphatic carbocycles. The molecule has 1 aromatic carbocycles. The Morgan fingerprint density at radius 2 is 0.941 bits per heavy atom. The van der Waals surface area contributed by atoms with Gasteiger partial charge in [-0.15, -0.1) is 0 Å². The molecule has 1 radical (unpaired) electrons. The fraction of sp³-hybridized carbons (Fsp3) is 0.125. The molecular weight excluding hydrogens is 415 g/mol. The van der Waals surface area contributed by atoms with Crippen molar-refractivity contribution >= 4 is 104 Å². The number of hydrogen-bond acceptors (Lipinski definition) is 0. The third kappa shape index (κ3) is 3.12. The Hall–Kier alpha value is 1.83. The van der Waals surface area contributed by atoms with Gasteiger partial charge in [0.05, 0.1) is 25.1 Å². The van der Waals surface area contributed by atoms with Crippen LogP contribution in [0.1, 0.15) is 5.56 Å². The standard InChI is InChI=1S/C8Cl9/c9-2-1(8(16,17)7(14)15)3(10)5(12)6(13)4(2)11. The summed E-state index contributed by atoms with van der Waals surface area (Å²) in [7, 11) is 0. The van der Waals surface area contributed by atoms with Crippen LogP contribution in [0.3, 0.4) is 0 Å². The van der Waals surface area contributed by atoms with Crippen molar-refractivity contribution in [3.8, 4) is 0 Å². The predicted molar refractivity (Wildman–Crippen MR) is 79.8 cm³/mol. The summed E-state index contributed by atoms with van der Waals surface area (Å²) in [5, 5.41) is -0.248. The maximum Gasteiger partial charge on any atom is 0.191 e. The van der Waals surface area contributed by atoms with E-state index in [1.165, 1.54) is 0 Å². The van der Waals surface area contributed by atoms with Crippen molar-refractivity contribution in [3.63, 3.8) is 0 Å². The summed E-state index contributed by atoms with van der Waals surface area (Å²) in [5.41, 5.74) is -0.0245. The first kappa shape index (κ1) is 16.9. The van der Waals surface area contributed by atoms with E-state index in [-0.39, 0.29) is 35.5 Å². The van der Waals surface area contributed by atoms with Gasteiger partial charge in [0.1, 0.15) is 0 Å². The summed E-state index contributed by atoms with van der Waals surface area (Å²) in [6, 6.07) is 0. The van der Waals surface area contributed by atoms with Crippen LogP contribution in [-0.2, 0) is 4.33 Å². The Balaban J connectivity index is 3.66. The summed E-state index contributed by atoms with van der Waals surface area (Å²) in [4.78, 5) is -0.376. The normalized spacial score (nSPS) is 12.4. The Kier molecular flexibility index (Phi) is 6.03. The van der Waals surface area contributed by atoms with Crippen molar-refractivity contribution in [2.24, 2.45) is 0 Å². The molecule has 1 rings (SSSR count). The van der Waals surface area contributed by atoms with Crippen LogP contribution >= 0.6 is 104 Å². The second kappa shape index (κ2) is 6.08. The van der Waals surface area contributed by atoms with Crippen LogP contribution in [0.2, 0.25) is 25.1 Å². The fourth-order valence-corrected chi connectivity index (χ4v) is 3.16. The van der Waals surface area contributed by atoms with Crippen LogP contribution < -0.4 is 0 Å². The molecule has 0 atom stereocenters. The molecule has 0 fully saturated rings. The molecule has 0 nitrogen and oxygen atoms in total. The molecule has 0 aromatic heterocycles. The van der Waals surface area contributed by atoms with Gasteiger partial charge in [-0.25, -0.2) is 0 Å². The number of halogens is 9. The first-order valence-electron chi connectivity index (χ1n) is 3.70. The highest BCUT2D eigenvalue weighted by atomic mass is 35.5. The van der Waals surface area contributed by atoms with Crippen LogP contribution in [0, 0.1) is 4.84 Å². The van der Waals surface area contributed by atoms with Gasteiger partial charge in [-0.2, -0.15) is 0 Å². The molecule has 0 saturated heterocycles. The van der Waals surface area contributed by atoms with Crippen molar-refractivity contribution in [2.75, 3.05) is 0 Å². The zero-order valence-electron chi connectivity index (χ0n) is 7.40. The second-order valence-electron chi connectivity index (χ2n) is 2.78. The number of rotatable bonds is 2. The molecule has 17 heavy (non-hydrogen) atoms. The lowest BCUT2D eigenvalue weighted by atomic mass is 10.1. The number of benzene rings is 1. The molecule has 0 unspecified atom stereocenters. The maximum atomic E-state index is 5.95. The number of hydrogen-bond donors (Lipinski definition) is 0. The summed E-state index contributed by atoms with van der Waals surface area (Å²) < 4.78 is -1.85. The van der Waals surface area contributed by atoms with Crippen LogP contribution in [0.15, 0.2) is 0 Å². The highest BCUT2D eigenvalue weighted by molar-refractivity contribution is 6.66. The maximum absolute atomic E-state index is 5.95. The van der Waals surface area contributed by atoms with E-state index in [0.717, 1.165) is 0 Å². The number of alkyl halides is 2. The lowest BCUT2D eigenvalue weighted by Gasteiger charge is -2.24. The first-order chi connectivity index (χ1) is 7.62. The summed E-state index contributed by atoms with van der Waals surface area (Å²) in [6.07, 6.45) is 0. The fourth-order valence-electron chi connectivity index (χ4n) is 0.975. The Morgan fingerprint density at radius 1 is 0.647 bits per heavy atom. The summed E-state index contributed by atoms with van der Waals surface area (Å²) >= 11 is 52.4. The smallest absolute Gasteiger partial charge is 0.0943 e. The van der Waals surface area contributed by atoms with Gasteiger partial charge in [0.25, 0.3) is 0 Å². The monoisotopic (exact) mass is 411 g/mol. The minimum Gasteiger partial charge on any atom is -0.0943 e. The molecule has 1 aromatic rings. The zero-order valence-corrected chi connectivity index (χ0v) is 14.2. The average Bonchev–Trinajstić information content (AvgIpc) is 2.23. The quantitative estimate of drug-likeness (QED) is 0.266. The van der Waals surface area contributed by atoms with Crippen molar-refractivity contribution in [3.05, 3.63) is 35.5 Å². The van der Waals surface area contributed by atoms with E-state index in [9.17, 15) is 0 Å². The predicted octanol–water partition coefficient (Wildman–Crippen LogP) is 7.55. The Morgan fingerprint density at radius 3 is 1.24 bits per heavy atom. The molecule has 0 spiro atoms. The van der Waals surface area contributed by atoms with Crippen LogP contribution in [-0.4, -0.2) is 0 Å². The molecule has 0 bridgehead atoms. The van der Waals surface area contributed by atoms with Crippen LogP contribution in [0.25, 0.3) is 0 Å². The molecule has 0 N–H and O–H groups in total. The van der Waals surface area contributed by atoms with Gasteiger partial charge in [-0.05, 0) is 0 Å². The lowest BCUT2D eigenvalue weighted by molar-refractivity contribution is 1.04. The third-order valence-corrected chi connectivity index (χ3v) is 5.75. The molecule has 9 heteroatoms. The average molecular weight is 415 g/mol. The van der Waals surface area contributed by atoms with E-state index in [1.54, 1.807) is 0 Å². The Bertz CT molecular complexity index is 422. The van der Waals surface area contributed by atoms with Crippen LogP contribution in [0.4, 0.5) is 0 Å². The van der Waals surface area contributed by atoms with Crippen molar-refractivity contribution in [1.29, 1.82) is 0 Å². The van der Waals surface area contributed by atoms with Crippen molar-refractivity contribution < 1.29 is 0 Å². The van der Waals surface area contributed by atoms with Gasteiger partial charge in [0.2, 0.25) is 0 Å². The van der Waals surface area contributed by atoms with Crippen molar-refractivity contribution in [1.82, 2.24) is 0 Å². The molecule has 0 heterocycles. The Labute approximate surface area is 143 Å². The van der Waals surface area contributed by atoms with Crippen LogP contribution in [0.5, 0.6) is 0 Å². The van der Waals surface area contributed by atoms with E-state index in [4.69, 9.17) is 104 Å². The van der Waals surface area contributed by atoms with E-state index in [1.807, 2.05) is 0 Å². The van der Waals surface area contributed by atoms with E-state index >= 15 is 0 Å². The van der Waals surface area contributed by atoms with Gasteiger partial charge >= 0.3 is 0 Å². The van der Waals surface area contributed by atoms with Crippen molar-refractivity contribution in [2.45, 2.75) is 4.33 Å². The molecule has 0 aliphatic heterocycles. The minimum atomic E-state index is -1.85. The largest absolute Gasteiger partial charge is 0.191 e. The van der Waals surface area contributed by atoms with E-state index < -0.39 is 4.33 Å². The SMILES string of the molecule is Cl[C](Cl)C(Cl)(Cl)c1c(Cl)c(Cl)c(Cl)c(Cl)c1Cl. The lowest BCUT2D eigenvalue weighted by Crippen LogP contribution is -2.15.